The van der Waals surface area contributed by atoms with Crippen molar-refractivity contribution in [2.75, 3.05) is 23.8 Å². The highest BCUT2D eigenvalue weighted by molar-refractivity contribution is 7.92. The first-order chi connectivity index (χ1) is 15.9. The third-order valence-electron chi connectivity index (χ3n) is 4.69. The summed E-state index contributed by atoms with van der Waals surface area (Å²) < 4.78 is 39.7. The van der Waals surface area contributed by atoms with Crippen LogP contribution in [0.15, 0.2) is 71.6 Å². The number of nitrogens with one attached hydrogen (secondary N) is 2. The van der Waals surface area contributed by atoms with Crippen molar-refractivity contribution in [1.29, 1.82) is 0 Å². The standard InChI is InChI=1S/C23H21N3O5S2/c1-3-31-19-9-6-10-20-21(19)24-23(32-20)25-22(27)17-7-4-5-8-18(17)26-33(28,29)16-13-11-15(30-2)12-14-16/h4-14,26H,3H2,1-2H3,(H,24,25,27). The first-order valence-electron chi connectivity index (χ1n) is 10.0. The van der Waals surface area contributed by atoms with E-state index in [1.165, 1.54) is 36.6 Å². The van der Waals surface area contributed by atoms with Crippen molar-refractivity contribution in [3.8, 4) is 11.5 Å². The molecule has 0 fully saturated rings. The molecule has 170 valence electrons. The number of sulfonamides is 1. The summed E-state index contributed by atoms with van der Waals surface area (Å²) in [6.45, 7) is 2.39. The SMILES string of the molecule is CCOc1cccc2sc(NC(=O)c3ccccc3NS(=O)(=O)c3ccc(OC)cc3)nc12. The maximum atomic E-state index is 13.0. The number of carbonyl (C=O) groups is 1. The molecule has 0 aliphatic heterocycles. The van der Waals surface area contributed by atoms with Crippen LogP contribution >= 0.6 is 11.3 Å². The monoisotopic (exact) mass is 483 g/mol. The lowest BCUT2D eigenvalue weighted by Crippen LogP contribution is -2.18. The Hall–Kier alpha value is -3.63. The quantitative estimate of drug-likeness (QED) is 0.374. The Labute approximate surface area is 195 Å². The van der Waals surface area contributed by atoms with Crippen LogP contribution in [0.3, 0.4) is 0 Å². The van der Waals surface area contributed by atoms with Crippen LogP contribution in [0.1, 0.15) is 17.3 Å². The van der Waals surface area contributed by atoms with Crippen LogP contribution < -0.4 is 19.5 Å². The van der Waals surface area contributed by atoms with E-state index in [-0.39, 0.29) is 16.1 Å². The van der Waals surface area contributed by atoms with Gasteiger partial charge in [0.2, 0.25) is 0 Å². The topological polar surface area (TPSA) is 107 Å². The Morgan fingerprint density at radius 2 is 1.79 bits per heavy atom. The first-order valence-corrected chi connectivity index (χ1v) is 12.3. The molecule has 33 heavy (non-hydrogen) atoms. The smallest absolute Gasteiger partial charge is 0.261 e. The number of carbonyl (C=O) groups excluding carboxylic acids is 1. The van der Waals surface area contributed by atoms with Crippen molar-refractivity contribution < 1.29 is 22.7 Å². The number of rotatable bonds is 8. The van der Waals surface area contributed by atoms with E-state index >= 15 is 0 Å². The molecule has 0 aliphatic rings. The number of benzene rings is 3. The summed E-state index contributed by atoms with van der Waals surface area (Å²) in [5.41, 5.74) is 0.981. The lowest BCUT2D eigenvalue weighted by atomic mass is 10.2. The van der Waals surface area contributed by atoms with Crippen molar-refractivity contribution in [3.05, 3.63) is 72.3 Å². The summed E-state index contributed by atoms with van der Waals surface area (Å²) in [5.74, 6) is 0.691. The van der Waals surface area contributed by atoms with Crippen LogP contribution in [0.4, 0.5) is 10.8 Å². The van der Waals surface area contributed by atoms with Gasteiger partial charge in [0.1, 0.15) is 17.0 Å². The molecule has 3 aromatic carbocycles. The Morgan fingerprint density at radius 1 is 1.03 bits per heavy atom. The first kappa shape index (κ1) is 22.6. The van der Waals surface area contributed by atoms with Crippen molar-refractivity contribution in [3.63, 3.8) is 0 Å². The number of methoxy groups -OCH3 is 1. The van der Waals surface area contributed by atoms with Crippen molar-refractivity contribution >= 4 is 48.3 Å². The van der Waals surface area contributed by atoms with E-state index in [0.29, 0.717) is 28.8 Å². The second kappa shape index (κ2) is 9.47. The molecule has 0 unspecified atom stereocenters. The highest BCUT2D eigenvalue weighted by Gasteiger charge is 2.20. The zero-order valence-electron chi connectivity index (χ0n) is 17.9. The number of nitrogens with zero attached hydrogens (tertiary/aromatic N) is 1. The molecule has 0 saturated heterocycles. The summed E-state index contributed by atoms with van der Waals surface area (Å²) >= 11 is 1.31. The van der Waals surface area contributed by atoms with Gasteiger partial charge in [-0.2, -0.15) is 0 Å². The Bertz CT molecular complexity index is 1400. The van der Waals surface area contributed by atoms with Crippen LogP contribution in [0.25, 0.3) is 10.2 Å². The molecule has 1 heterocycles. The molecule has 0 aliphatic carbocycles. The molecule has 0 spiro atoms. The van der Waals surface area contributed by atoms with Gasteiger partial charge in [0.25, 0.3) is 15.9 Å². The van der Waals surface area contributed by atoms with Gasteiger partial charge in [-0.3, -0.25) is 14.8 Å². The molecular formula is C23H21N3O5S2. The molecule has 4 rings (SSSR count). The van der Waals surface area contributed by atoms with E-state index in [1.54, 1.807) is 30.3 Å². The number of thiazole rings is 1. The van der Waals surface area contributed by atoms with Gasteiger partial charge in [-0.1, -0.05) is 29.5 Å². The summed E-state index contributed by atoms with van der Waals surface area (Å²) in [6.07, 6.45) is 0. The predicted octanol–water partition coefficient (Wildman–Crippen LogP) is 4.76. The zero-order valence-corrected chi connectivity index (χ0v) is 19.5. The molecule has 4 aromatic rings. The largest absolute Gasteiger partial charge is 0.497 e. The third kappa shape index (κ3) is 4.91. The number of ether oxygens (including phenoxy) is 2. The minimum Gasteiger partial charge on any atom is -0.497 e. The number of hydrogen-bond acceptors (Lipinski definition) is 7. The number of anilines is 2. The Kier molecular flexibility index (Phi) is 6.47. The van der Waals surface area contributed by atoms with Gasteiger partial charge < -0.3 is 9.47 Å². The van der Waals surface area contributed by atoms with Gasteiger partial charge in [0.15, 0.2) is 5.13 Å². The van der Waals surface area contributed by atoms with Crippen LogP contribution in [-0.4, -0.2) is 33.0 Å². The van der Waals surface area contributed by atoms with Crippen LogP contribution in [0.5, 0.6) is 11.5 Å². The summed E-state index contributed by atoms with van der Waals surface area (Å²) in [6, 6.07) is 17.9. The molecule has 8 nitrogen and oxygen atoms in total. The maximum Gasteiger partial charge on any atom is 0.261 e. The second-order valence-corrected chi connectivity index (χ2v) is 9.55. The molecule has 0 radical (unpaired) electrons. The number of fused-ring (bicyclic) bond motifs is 1. The van der Waals surface area contributed by atoms with Crippen LogP contribution in [-0.2, 0) is 10.0 Å². The molecule has 1 aromatic heterocycles. The minimum absolute atomic E-state index is 0.0492. The molecule has 0 saturated carbocycles. The van der Waals surface area contributed by atoms with Crippen molar-refractivity contribution in [1.82, 2.24) is 4.98 Å². The van der Waals surface area contributed by atoms with Gasteiger partial charge in [-0.15, -0.1) is 0 Å². The van der Waals surface area contributed by atoms with Gasteiger partial charge in [-0.25, -0.2) is 13.4 Å². The number of aromatic nitrogens is 1. The maximum absolute atomic E-state index is 13.0. The summed E-state index contributed by atoms with van der Waals surface area (Å²) in [5, 5.41) is 3.14. The second-order valence-electron chi connectivity index (χ2n) is 6.84. The summed E-state index contributed by atoms with van der Waals surface area (Å²) in [7, 11) is -2.42. The number of amides is 1. The van der Waals surface area contributed by atoms with Gasteiger partial charge in [0.05, 0.1) is 34.6 Å². The molecule has 10 heteroatoms. The number of hydrogen-bond donors (Lipinski definition) is 2. The van der Waals surface area contributed by atoms with E-state index in [2.05, 4.69) is 15.0 Å². The predicted molar refractivity (Wildman–Crippen MR) is 129 cm³/mol. The molecule has 2 N–H and O–H groups in total. The fourth-order valence-electron chi connectivity index (χ4n) is 3.14. The van der Waals surface area contributed by atoms with Gasteiger partial charge >= 0.3 is 0 Å². The van der Waals surface area contributed by atoms with Crippen molar-refractivity contribution in [2.24, 2.45) is 0 Å². The van der Waals surface area contributed by atoms with Crippen molar-refractivity contribution in [2.45, 2.75) is 11.8 Å². The van der Waals surface area contributed by atoms with E-state index in [1.807, 2.05) is 25.1 Å². The fraction of sp³-hybridized carbons (Fsp3) is 0.130. The van der Waals surface area contributed by atoms with E-state index in [9.17, 15) is 13.2 Å². The molecule has 1 amide bonds. The summed E-state index contributed by atoms with van der Waals surface area (Å²) in [4.78, 5) is 17.5. The van der Waals surface area contributed by atoms with E-state index in [4.69, 9.17) is 9.47 Å². The average Bonchev–Trinajstić information content (AvgIpc) is 3.23. The Morgan fingerprint density at radius 3 is 2.52 bits per heavy atom. The highest BCUT2D eigenvalue weighted by Crippen LogP contribution is 2.33. The molecule has 0 atom stereocenters. The Balaban J connectivity index is 1.58. The highest BCUT2D eigenvalue weighted by atomic mass is 32.2. The lowest BCUT2D eigenvalue weighted by Gasteiger charge is -2.12. The fourth-order valence-corrected chi connectivity index (χ4v) is 5.10. The third-order valence-corrected chi connectivity index (χ3v) is 7.01. The molecule has 0 bridgehead atoms. The molecular weight excluding hydrogens is 462 g/mol. The zero-order chi connectivity index (χ0) is 23.4. The van der Waals surface area contributed by atoms with Crippen LogP contribution in [0, 0.1) is 0 Å². The van der Waals surface area contributed by atoms with Crippen LogP contribution in [0.2, 0.25) is 0 Å². The normalized spacial score (nSPS) is 11.2. The van der Waals surface area contributed by atoms with Gasteiger partial charge in [0, 0.05) is 0 Å². The average molecular weight is 484 g/mol. The van der Waals surface area contributed by atoms with E-state index < -0.39 is 15.9 Å². The lowest BCUT2D eigenvalue weighted by molar-refractivity contribution is 0.102. The minimum atomic E-state index is -3.91. The van der Waals surface area contributed by atoms with Gasteiger partial charge in [-0.05, 0) is 55.5 Å². The van der Waals surface area contributed by atoms with E-state index in [0.717, 1.165) is 4.70 Å². The number of para-hydroxylation sites is 2.